The van der Waals surface area contributed by atoms with E-state index in [0.717, 1.165) is 0 Å². The van der Waals surface area contributed by atoms with Crippen molar-refractivity contribution in [2.45, 2.75) is 0 Å². The second-order valence-electron chi connectivity index (χ2n) is 2.14. The molecule has 0 aliphatic carbocycles. The zero-order valence-corrected chi connectivity index (χ0v) is 6.52. The Morgan fingerprint density at radius 1 is 1.31 bits per heavy atom. The van der Waals surface area contributed by atoms with Crippen LogP contribution in [0.3, 0.4) is 0 Å². The Morgan fingerprint density at radius 3 is 2.08 bits per heavy atom. The summed E-state index contributed by atoms with van der Waals surface area (Å²) >= 11 is 0. The molecule has 0 aliphatic heterocycles. The van der Waals surface area contributed by atoms with Crippen LogP contribution in [0.25, 0.3) is 0 Å². The molecule has 0 bridgehead atoms. The number of rotatable bonds is 1. The molecule has 0 fully saturated rings. The molecule has 1 heterocycles. The Kier molecular flexibility index (Phi) is 2.28. The van der Waals surface area contributed by atoms with E-state index in [1.165, 1.54) is 12.1 Å². The molecule has 0 aliphatic rings. The molecule has 0 amide bonds. The number of hydrogen-bond donors (Lipinski definition) is 0. The summed E-state index contributed by atoms with van der Waals surface area (Å²) in [5.74, 6) is 4.37. The van der Waals surface area contributed by atoms with Crippen molar-refractivity contribution in [3.63, 3.8) is 0 Å². The van der Waals surface area contributed by atoms with Crippen LogP contribution in [0.5, 0.6) is 0 Å². The molecular formula is C9H4N2O2. The normalized spacial score (nSPS) is 8.46. The van der Waals surface area contributed by atoms with Crippen molar-refractivity contribution in [2.24, 2.45) is 0 Å². The van der Waals surface area contributed by atoms with E-state index in [2.05, 4.69) is 16.8 Å². The van der Waals surface area contributed by atoms with Crippen LogP contribution in [-0.2, 0) is 0 Å². The minimum Gasteiger partial charge on any atom is -0.258 e. The maximum Gasteiger partial charge on any atom is 0.275 e. The van der Waals surface area contributed by atoms with Crippen LogP contribution in [-0.4, -0.2) is 9.91 Å². The first-order valence-corrected chi connectivity index (χ1v) is 3.27. The topological polar surface area (TPSA) is 56.0 Å². The highest BCUT2D eigenvalue weighted by Crippen LogP contribution is 2.12. The molecule has 0 radical (unpaired) electrons. The van der Waals surface area contributed by atoms with Crippen molar-refractivity contribution in [1.29, 1.82) is 0 Å². The predicted octanol–water partition coefficient (Wildman–Crippen LogP) is 0.952. The molecule has 0 aromatic carbocycles. The second-order valence-corrected chi connectivity index (χ2v) is 2.14. The lowest BCUT2D eigenvalue weighted by atomic mass is 10.2. The summed E-state index contributed by atoms with van der Waals surface area (Å²) < 4.78 is 0. The average molecular weight is 172 g/mol. The van der Waals surface area contributed by atoms with Crippen LogP contribution in [0, 0.1) is 34.8 Å². The molecule has 0 saturated carbocycles. The van der Waals surface area contributed by atoms with Gasteiger partial charge < -0.3 is 0 Å². The van der Waals surface area contributed by atoms with Gasteiger partial charge in [-0.05, 0) is 11.8 Å². The van der Waals surface area contributed by atoms with Gasteiger partial charge in [0.2, 0.25) is 0 Å². The Balaban J connectivity index is 3.35. The predicted molar refractivity (Wildman–Crippen MR) is 46.8 cm³/mol. The number of nitro groups is 1. The number of terminal acetylenes is 2. The van der Waals surface area contributed by atoms with Crippen molar-refractivity contribution in [2.75, 3.05) is 0 Å². The second kappa shape index (κ2) is 3.38. The maximum atomic E-state index is 10.4. The first kappa shape index (κ1) is 8.76. The first-order chi connectivity index (χ1) is 6.17. The highest BCUT2D eigenvalue weighted by molar-refractivity contribution is 5.43. The third-order valence-corrected chi connectivity index (χ3v) is 1.32. The van der Waals surface area contributed by atoms with Crippen LogP contribution in [0.4, 0.5) is 5.69 Å². The molecule has 0 N–H and O–H groups in total. The number of pyridine rings is 1. The molecule has 0 saturated heterocycles. The summed E-state index contributed by atoms with van der Waals surface area (Å²) in [5, 5.41) is 10.4. The van der Waals surface area contributed by atoms with Crippen molar-refractivity contribution >= 4 is 5.69 Å². The van der Waals surface area contributed by atoms with Gasteiger partial charge in [0.1, 0.15) is 11.4 Å². The highest BCUT2D eigenvalue weighted by atomic mass is 16.6. The molecule has 13 heavy (non-hydrogen) atoms. The van der Waals surface area contributed by atoms with E-state index in [-0.39, 0.29) is 17.1 Å². The van der Waals surface area contributed by atoms with Gasteiger partial charge in [-0.15, -0.1) is 12.8 Å². The fourth-order valence-electron chi connectivity index (χ4n) is 0.769. The molecule has 1 aromatic rings. The minimum absolute atomic E-state index is 0.143. The standard InChI is InChI=1S/C9H4N2O2/c1-3-7-5-9(11(12)13)6-8(4-2)10-7/h1-2,5-6H. The number of aromatic nitrogens is 1. The van der Waals surface area contributed by atoms with Crippen molar-refractivity contribution in [3.05, 3.63) is 33.6 Å². The third kappa shape index (κ3) is 1.82. The molecule has 0 spiro atoms. The fourth-order valence-corrected chi connectivity index (χ4v) is 0.769. The zero-order valence-electron chi connectivity index (χ0n) is 6.52. The minimum atomic E-state index is -0.566. The van der Waals surface area contributed by atoms with E-state index >= 15 is 0 Å². The van der Waals surface area contributed by atoms with Crippen LogP contribution in [0.1, 0.15) is 11.4 Å². The maximum absolute atomic E-state index is 10.4. The molecular weight excluding hydrogens is 168 g/mol. The highest BCUT2D eigenvalue weighted by Gasteiger charge is 2.08. The number of nitrogens with zero attached hydrogens (tertiary/aromatic N) is 2. The largest absolute Gasteiger partial charge is 0.275 e. The Morgan fingerprint density at radius 2 is 1.77 bits per heavy atom. The van der Waals surface area contributed by atoms with E-state index in [9.17, 15) is 10.1 Å². The Hall–Kier alpha value is -2.33. The van der Waals surface area contributed by atoms with E-state index in [0.29, 0.717) is 0 Å². The first-order valence-electron chi connectivity index (χ1n) is 3.27. The van der Waals surface area contributed by atoms with E-state index in [1.54, 1.807) is 0 Å². The number of hydrogen-bond acceptors (Lipinski definition) is 3. The van der Waals surface area contributed by atoms with Gasteiger partial charge >= 0.3 is 0 Å². The summed E-state index contributed by atoms with van der Waals surface area (Å²) in [7, 11) is 0. The zero-order chi connectivity index (χ0) is 9.84. The quantitative estimate of drug-likeness (QED) is 0.360. The lowest BCUT2D eigenvalue weighted by molar-refractivity contribution is -0.385. The van der Waals surface area contributed by atoms with Crippen molar-refractivity contribution < 1.29 is 4.92 Å². The lowest BCUT2D eigenvalue weighted by Gasteiger charge is -1.94. The lowest BCUT2D eigenvalue weighted by Crippen LogP contribution is -1.93. The molecule has 0 atom stereocenters. The van der Waals surface area contributed by atoms with Gasteiger partial charge in [-0.3, -0.25) is 10.1 Å². The fraction of sp³-hybridized carbons (Fsp3) is 0. The molecule has 62 valence electrons. The average Bonchev–Trinajstić information content (AvgIpc) is 2.16. The molecule has 0 unspecified atom stereocenters. The van der Waals surface area contributed by atoms with Gasteiger partial charge in [0.25, 0.3) is 5.69 Å². The molecule has 1 rings (SSSR count). The molecule has 4 nitrogen and oxygen atoms in total. The van der Waals surface area contributed by atoms with Gasteiger partial charge in [-0.1, -0.05) is 0 Å². The van der Waals surface area contributed by atoms with E-state index in [4.69, 9.17) is 12.8 Å². The van der Waals surface area contributed by atoms with Crippen LogP contribution in [0.15, 0.2) is 12.1 Å². The summed E-state index contributed by atoms with van der Waals surface area (Å²) in [6.45, 7) is 0. The van der Waals surface area contributed by atoms with Gasteiger partial charge in [0.15, 0.2) is 0 Å². The summed E-state index contributed by atoms with van der Waals surface area (Å²) in [6.07, 6.45) is 10.1. The van der Waals surface area contributed by atoms with Crippen molar-refractivity contribution in [1.82, 2.24) is 4.98 Å². The molecule has 1 aromatic heterocycles. The van der Waals surface area contributed by atoms with Crippen LogP contribution >= 0.6 is 0 Å². The SMILES string of the molecule is C#Cc1cc([N+](=O)[O-])cc(C#C)n1. The third-order valence-electron chi connectivity index (χ3n) is 1.32. The smallest absolute Gasteiger partial charge is 0.258 e. The Labute approximate surface area is 74.8 Å². The summed E-state index contributed by atoms with van der Waals surface area (Å²) in [4.78, 5) is 13.6. The van der Waals surface area contributed by atoms with Gasteiger partial charge in [-0.2, -0.15) is 0 Å². The molecule has 4 heteroatoms. The van der Waals surface area contributed by atoms with Crippen LogP contribution < -0.4 is 0 Å². The van der Waals surface area contributed by atoms with Gasteiger partial charge in [-0.25, -0.2) is 4.98 Å². The van der Waals surface area contributed by atoms with E-state index < -0.39 is 4.92 Å². The van der Waals surface area contributed by atoms with Gasteiger partial charge in [0.05, 0.1) is 17.1 Å². The monoisotopic (exact) mass is 172 g/mol. The van der Waals surface area contributed by atoms with Gasteiger partial charge in [0, 0.05) is 0 Å². The Bertz CT molecular complexity index is 406. The van der Waals surface area contributed by atoms with Crippen LogP contribution in [0.2, 0.25) is 0 Å². The van der Waals surface area contributed by atoms with E-state index in [1.807, 2.05) is 0 Å². The summed E-state index contributed by atoms with van der Waals surface area (Å²) in [6, 6.07) is 2.39. The summed E-state index contributed by atoms with van der Waals surface area (Å²) in [5.41, 5.74) is 0.195. The van der Waals surface area contributed by atoms with Crippen molar-refractivity contribution in [3.8, 4) is 24.7 Å².